The molecule has 1 heterocycles. The summed E-state index contributed by atoms with van der Waals surface area (Å²) >= 11 is 1.19. The Morgan fingerprint density at radius 3 is 2.73 bits per heavy atom. The second-order valence-corrected chi connectivity index (χ2v) is 3.55. The Bertz CT molecular complexity index is 363. The van der Waals surface area contributed by atoms with Crippen molar-refractivity contribution in [1.82, 2.24) is 4.98 Å². The lowest BCUT2D eigenvalue weighted by atomic mass is 10.3. The molecule has 80 valence electrons. The molecule has 0 aliphatic heterocycles. The largest absolute Gasteiger partial charge is 0.478 e. The number of hydrogen-bond donors (Lipinski definition) is 1. The van der Waals surface area contributed by atoms with Crippen molar-refractivity contribution in [1.29, 1.82) is 0 Å². The van der Waals surface area contributed by atoms with Crippen molar-refractivity contribution >= 4 is 23.7 Å². The summed E-state index contributed by atoms with van der Waals surface area (Å²) < 4.78 is 4.45. The zero-order chi connectivity index (χ0) is 11.3. The van der Waals surface area contributed by atoms with E-state index in [0.717, 1.165) is 0 Å². The van der Waals surface area contributed by atoms with Gasteiger partial charge in [-0.3, -0.25) is 4.79 Å². The molecule has 15 heavy (non-hydrogen) atoms. The van der Waals surface area contributed by atoms with Crippen LogP contribution in [0, 0.1) is 0 Å². The van der Waals surface area contributed by atoms with Crippen LogP contribution in [0.1, 0.15) is 10.4 Å². The minimum Gasteiger partial charge on any atom is -0.478 e. The average molecular weight is 227 g/mol. The summed E-state index contributed by atoms with van der Waals surface area (Å²) in [7, 11) is 1.31. The number of ether oxygens (including phenoxy) is 1. The van der Waals surface area contributed by atoms with E-state index in [4.69, 9.17) is 5.11 Å². The number of thioether (sulfide) groups is 1. The van der Waals surface area contributed by atoms with Gasteiger partial charge in [0.2, 0.25) is 0 Å². The van der Waals surface area contributed by atoms with Crippen molar-refractivity contribution < 1.29 is 19.4 Å². The van der Waals surface area contributed by atoms with Crippen molar-refractivity contribution in [2.75, 3.05) is 12.9 Å². The van der Waals surface area contributed by atoms with Gasteiger partial charge in [-0.15, -0.1) is 0 Å². The minimum atomic E-state index is -1.02. The van der Waals surface area contributed by atoms with Crippen LogP contribution in [-0.4, -0.2) is 34.9 Å². The van der Waals surface area contributed by atoms with Crippen molar-refractivity contribution in [3.05, 3.63) is 23.9 Å². The number of aromatic nitrogens is 1. The molecule has 5 nitrogen and oxygen atoms in total. The molecule has 0 fully saturated rings. The van der Waals surface area contributed by atoms with Crippen LogP contribution in [0.2, 0.25) is 0 Å². The van der Waals surface area contributed by atoms with Crippen molar-refractivity contribution in [3.8, 4) is 0 Å². The fourth-order valence-corrected chi connectivity index (χ4v) is 1.46. The van der Waals surface area contributed by atoms with Crippen LogP contribution >= 0.6 is 11.8 Å². The number of nitrogens with zero attached hydrogens (tertiary/aromatic N) is 1. The van der Waals surface area contributed by atoms with Crippen LogP contribution in [-0.2, 0) is 9.53 Å². The van der Waals surface area contributed by atoms with Crippen LogP contribution in [0.4, 0.5) is 0 Å². The van der Waals surface area contributed by atoms with Gasteiger partial charge in [0.25, 0.3) is 0 Å². The number of carboxylic acid groups (broad SMARTS) is 1. The summed E-state index contributed by atoms with van der Waals surface area (Å²) in [4.78, 5) is 25.2. The molecular formula is C9H9NO4S. The van der Waals surface area contributed by atoms with E-state index in [0.29, 0.717) is 5.03 Å². The highest BCUT2D eigenvalue weighted by Crippen LogP contribution is 2.15. The lowest BCUT2D eigenvalue weighted by Crippen LogP contribution is -2.03. The molecule has 0 bridgehead atoms. The lowest BCUT2D eigenvalue weighted by molar-refractivity contribution is -0.137. The molecule has 0 aliphatic carbocycles. The zero-order valence-electron chi connectivity index (χ0n) is 7.97. The van der Waals surface area contributed by atoms with Crippen LogP contribution in [0.3, 0.4) is 0 Å². The number of methoxy groups -OCH3 is 1. The first-order valence-electron chi connectivity index (χ1n) is 4.02. The Hall–Kier alpha value is -1.56. The predicted molar refractivity (Wildman–Crippen MR) is 53.9 cm³/mol. The number of esters is 1. The van der Waals surface area contributed by atoms with Gasteiger partial charge in [-0.2, -0.15) is 0 Å². The third-order valence-electron chi connectivity index (χ3n) is 1.55. The molecular weight excluding hydrogens is 218 g/mol. The van der Waals surface area contributed by atoms with Gasteiger partial charge < -0.3 is 9.84 Å². The Morgan fingerprint density at radius 1 is 1.53 bits per heavy atom. The highest BCUT2D eigenvalue weighted by atomic mass is 32.2. The highest BCUT2D eigenvalue weighted by Gasteiger charge is 2.05. The molecule has 6 heteroatoms. The SMILES string of the molecule is COC(=O)CSc1ccc(C(=O)O)cn1. The molecule has 0 radical (unpaired) electrons. The van der Waals surface area contributed by atoms with E-state index >= 15 is 0 Å². The number of carboxylic acids is 1. The number of carbonyl (C=O) groups excluding carboxylic acids is 1. The van der Waals surface area contributed by atoms with E-state index in [1.807, 2.05) is 0 Å². The summed E-state index contributed by atoms with van der Waals surface area (Å²) in [5, 5.41) is 9.20. The van der Waals surface area contributed by atoms with Gasteiger partial charge in [0, 0.05) is 6.20 Å². The first kappa shape index (κ1) is 11.5. The molecule has 1 N–H and O–H groups in total. The van der Waals surface area contributed by atoms with E-state index in [1.54, 1.807) is 6.07 Å². The van der Waals surface area contributed by atoms with Gasteiger partial charge in [-0.25, -0.2) is 9.78 Å². The van der Waals surface area contributed by atoms with Crippen LogP contribution in [0.15, 0.2) is 23.4 Å². The number of carbonyl (C=O) groups is 2. The summed E-state index contributed by atoms with van der Waals surface area (Å²) in [6.07, 6.45) is 1.25. The topological polar surface area (TPSA) is 76.5 Å². The van der Waals surface area contributed by atoms with E-state index < -0.39 is 5.97 Å². The van der Waals surface area contributed by atoms with Crippen LogP contribution < -0.4 is 0 Å². The number of aromatic carboxylic acids is 1. The first-order chi connectivity index (χ1) is 7.13. The smallest absolute Gasteiger partial charge is 0.337 e. The van der Waals surface area contributed by atoms with E-state index in [2.05, 4.69) is 9.72 Å². The summed E-state index contributed by atoms with van der Waals surface area (Å²) in [5.74, 6) is -1.20. The zero-order valence-corrected chi connectivity index (χ0v) is 8.78. The molecule has 0 aliphatic rings. The average Bonchev–Trinajstić information content (AvgIpc) is 2.26. The number of pyridine rings is 1. The monoisotopic (exact) mass is 227 g/mol. The van der Waals surface area contributed by atoms with E-state index in [1.165, 1.54) is 31.1 Å². The molecule has 0 saturated carbocycles. The molecule has 0 atom stereocenters. The summed E-state index contributed by atoms with van der Waals surface area (Å²) in [6.45, 7) is 0. The van der Waals surface area contributed by atoms with Gasteiger partial charge in [-0.1, -0.05) is 11.8 Å². The van der Waals surface area contributed by atoms with Crippen molar-refractivity contribution in [3.63, 3.8) is 0 Å². The molecule has 1 aromatic heterocycles. The van der Waals surface area contributed by atoms with Gasteiger partial charge in [0.1, 0.15) is 0 Å². The maximum absolute atomic E-state index is 10.8. The summed E-state index contributed by atoms with van der Waals surface area (Å²) in [5.41, 5.74) is 0.123. The molecule has 1 rings (SSSR count). The van der Waals surface area contributed by atoms with Crippen LogP contribution in [0.5, 0.6) is 0 Å². The second kappa shape index (κ2) is 5.35. The lowest BCUT2D eigenvalue weighted by Gasteiger charge is -1.99. The molecule has 0 aromatic carbocycles. The van der Waals surface area contributed by atoms with E-state index in [9.17, 15) is 9.59 Å². The number of rotatable bonds is 4. The van der Waals surface area contributed by atoms with Gasteiger partial charge in [0.15, 0.2) is 0 Å². The fraction of sp³-hybridized carbons (Fsp3) is 0.222. The molecule has 0 saturated heterocycles. The summed E-state index contributed by atoms with van der Waals surface area (Å²) in [6, 6.07) is 2.99. The minimum absolute atomic E-state index is 0.123. The normalized spacial score (nSPS) is 9.67. The van der Waals surface area contributed by atoms with Gasteiger partial charge in [0.05, 0.1) is 23.5 Å². The van der Waals surface area contributed by atoms with Gasteiger partial charge in [-0.05, 0) is 12.1 Å². The van der Waals surface area contributed by atoms with Crippen LogP contribution in [0.25, 0.3) is 0 Å². The van der Waals surface area contributed by atoms with Crippen molar-refractivity contribution in [2.24, 2.45) is 0 Å². The molecule has 0 amide bonds. The Morgan fingerprint density at radius 2 is 2.27 bits per heavy atom. The van der Waals surface area contributed by atoms with Crippen molar-refractivity contribution in [2.45, 2.75) is 5.03 Å². The Kier molecular flexibility index (Phi) is 4.11. The fourth-order valence-electron chi connectivity index (χ4n) is 0.784. The predicted octanol–water partition coefficient (Wildman–Crippen LogP) is 1.04. The third kappa shape index (κ3) is 3.59. The second-order valence-electron chi connectivity index (χ2n) is 2.56. The molecule has 0 unspecified atom stereocenters. The molecule has 1 aromatic rings. The molecule has 0 spiro atoms. The first-order valence-corrected chi connectivity index (χ1v) is 5.01. The maximum Gasteiger partial charge on any atom is 0.337 e. The third-order valence-corrected chi connectivity index (χ3v) is 2.47. The number of hydrogen-bond acceptors (Lipinski definition) is 5. The Balaban J connectivity index is 2.57. The quantitative estimate of drug-likeness (QED) is 0.612. The van der Waals surface area contributed by atoms with E-state index in [-0.39, 0.29) is 17.3 Å². The van der Waals surface area contributed by atoms with Gasteiger partial charge >= 0.3 is 11.9 Å². The highest BCUT2D eigenvalue weighted by molar-refractivity contribution is 7.99. The Labute approximate surface area is 90.5 Å². The standard InChI is InChI=1S/C9H9NO4S/c1-14-8(11)5-15-7-3-2-6(4-10-7)9(12)13/h2-4H,5H2,1H3,(H,12,13). The maximum atomic E-state index is 10.8.